The lowest BCUT2D eigenvalue weighted by molar-refractivity contribution is -0.122. The summed E-state index contributed by atoms with van der Waals surface area (Å²) in [6.45, 7) is 2.05. The first kappa shape index (κ1) is 17.2. The second-order valence-electron chi connectivity index (χ2n) is 5.36. The second kappa shape index (κ2) is 7.53. The van der Waals surface area contributed by atoms with Crippen LogP contribution >= 0.6 is 11.6 Å². The lowest BCUT2D eigenvalue weighted by atomic mass is 10.2. The number of methoxy groups -OCH3 is 1. The number of hydrogen-bond acceptors (Lipinski definition) is 5. The molecule has 132 valence electrons. The fourth-order valence-electron chi connectivity index (χ4n) is 2.43. The monoisotopic (exact) mass is 363 g/mol. The quantitative estimate of drug-likeness (QED) is 0.843. The minimum Gasteiger partial charge on any atom is -0.495 e. The van der Waals surface area contributed by atoms with Gasteiger partial charge in [0, 0.05) is 11.1 Å². The maximum absolute atomic E-state index is 12.6. The number of rotatable bonds is 6. The molecule has 2 aromatic rings. The number of hydrogen-bond donors (Lipinski definition) is 1. The third kappa shape index (κ3) is 3.91. The molecule has 0 spiro atoms. The molecule has 0 saturated carbocycles. The summed E-state index contributed by atoms with van der Waals surface area (Å²) in [6, 6.07) is 10.2. The van der Waals surface area contributed by atoms with E-state index in [4.69, 9.17) is 30.5 Å². The Kier molecular flexibility index (Phi) is 5.19. The van der Waals surface area contributed by atoms with Crippen LogP contribution in [0.4, 0.5) is 5.69 Å². The standard InChI is InChI=1S/C18H18ClNO5/c1-3-14(25-12-5-7-16-17(9-12)24-10-23-16)18(21)20-13-8-11(19)4-6-15(13)22-2/h4-9,14H,3,10H2,1-2H3,(H,20,21). The molecule has 3 rings (SSSR count). The van der Waals surface area contributed by atoms with Gasteiger partial charge in [-0.25, -0.2) is 0 Å². The fraction of sp³-hybridized carbons (Fsp3) is 0.278. The highest BCUT2D eigenvalue weighted by Crippen LogP contribution is 2.35. The molecule has 7 heteroatoms. The maximum Gasteiger partial charge on any atom is 0.265 e. The molecule has 0 aromatic heterocycles. The molecule has 0 radical (unpaired) electrons. The lowest BCUT2D eigenvalue weighted by Gasteiger charge is -2.18. The molecule has 2 aromatic carbocycles. The molecule has 1 atom stereocenters. The highest BCUT2D eigenvalue weighted by atomic mass is 35.5. The average Bonchev–Trinajstić information content (AvgIpc) is 3.07. The second-order valence-corrected chi connectivity index (χ2v) is 5.80. The summed E-state index contributed by atoms with van der Waals surface area (Å²) in [6.07, 6.45) is -0.188. The van der Waals surface area contributed by atoms with Crippen molar-refractivity contribution in [3.8, 4) is 23.0 Å². The summed E-state index contributed by atoms with van der Waals surface area (Å²) >= 11 is 5.99. The van der Waals surface area contributed by atoms with E-state index < -0.39 is 6.10 Å². The van der Waals surface area contributed by atoms with E-state index in [-0.39, 0.29) is 12.7 Å². The van der Waals surface area contributed by atoms with E-state index in [0.29, 0.717) is 40.1 Å². The van der Waals surface area contributed by atoms with Crippen molar-refractivity contribution in [3.63, 3.8) is 0 Å². The fourth-order valence-corrected chi connectivity index (χ4v) is 2.60. The molecule has 1 amide bonds. The molecule has 0 fully saturated rings. The van der Waals surface area contributed by atoms with Crippen LogP contribution in [0.2, 0.25) is 5.02 Å². The number of ether oxygens (including phenoxy) is 4. The SMILES string of the molecule is CCC(Oc1ccc2c(c1)OCO2)C(=O)Nc1cc(Cl)ccc1OC. The van der Waals surface area contributed by atoms with Crippen LogP contribution in [-0.2, 0) is 4.79 Å². The third-order valence-corrected chi connectivity index (χ3v) is 3.94. The van der Waals surface area contributed by atoms with Gasteiger partial charge in [0.2, 0.25) is 6.79 Å². The van der Waals surface area contributed by atoms with Gasteiger partial charge in [0.05, 0.1) is 12.8 Å². The van der Waals surface area contributed by atoms with E-state index >= 15 is 0 Å². The van der Waals surface area contributed by atoms with Crippen molar-refractivity contribution >= 4 is 23.2 Å². The molecule has 1 N–H and O–H groups in total. The van der Waals surface area contributed by atoms with Crippen LogP contribution in [0.1, 0.15) is 13.3 Å². The lowest BCUT2D eigenvalue weighted by Crippen LogP contribution is -2.32. The predicted octanol–water partition coefficient (Wildman–Crippen LogP) is 3.87. The van der Waals surface area contributed by atoms with E-state index in [1.54, 1.807) is 36.4 Å². The molecule has 25 heavy (non-hydrogen) atoms. The van der Waals surface area contributed by atoms with Crippen LogP contribution in [0.25, 0.3) is 0 Å². The first-order valence-corrected chi connectivity index (χ1v) is 8.19. The first-order valence-electron chi connectivity index (χ1n) is 7.81. The van der Waals surface area contributed by atoms with Crippen molar-refractivity contribution in [2.24, 2.45) is 0 Å². The number of fused-ring (bicyclic) bond motifs is 1. The van der Waals surface area contributed by atoms with E-state index in [0.717, 1.165) is 0 Å². The van der Waals surface area contributed by atoms with Gasteiger partial charge in [-0.05, 0) is 36.8 Å². The Morgan fingerprint density at radius 2 is 2.04 bits per heavy atom. The summed E-state index contributed by atoms with van der Waals surface area (Å²) in [4.78, 5) is 12.6. The van der Waals surface area contributed by atoms with Crippen LogP contribution in [0.5, 0.6) is 23.0 Å². The number of nitrogens with one attached hydrogen (secondary N) is 1. The number of benzene rings is 2. The van der Waals surface area contributed by atoms with Crippen molar-refractivity contribution in [1.82, 2.24) is 0 Å². The Morgan fingerprint density at radius 3 is 2.80 bits per heavy atom. The minimum absolute atomic E-state index is 0.186. The number of halogens is 1. The molecule has 0 saturated heterocycles. The van der Waals surface area contributed by atoms with Crippen LogP contribution in [-0.4, -0.2) is 25.9 Å². The van der Waals surface area contributed by atoms with Gasteiger partial charge >= 0.3 is 0 Å². The van der Waals surface area contributed by atoms with Crippen LogP contribution in [0.15, 0.2) is 36.4 Å². The van der Waals surface area contributed by atoms with Crippen molar-refractivity contribution < 1.29 is 23.7 Å². The van der Waals surface area contributed by atoms with Gasteiger partial charge in [-0.2, -0.15) is 0 Å². The van der Waals surface area contributed by atoms with E-state index in [1.807, 2.05) is 6.92 Å². The van der Waals surface area contributed by atoms with Crippen LogP contribution in [0.3, 0.4) is 0 Å². The minimum atomic E-state index is -0.677. The highest BCUT2D eigenvalue weighted by molar-refractivity contribution is 6.31. The van der Waals surface area contributed by atoms with Gasteiger partial charge in [-0.3, -0.25) is 4.79 Å². The van der Waals surface area contributed by atoms with Gasteiger partial charge in [0.1, 0.15) is 11.5 Å². The summed E-state index contributed by atoms with van der Waals surface area (Å²) in [5.41, 5.74) is 0.493. The van der Waals surface area contributed by atoms with Crippen molar-refractivity contribution in [1.29, 1.82) is 0 Å². The molecule has 1 aliphatic rings. The molecular formula is C18H18ClNO5. The number of amides is 1. The smallest absolute Gasteiger partial charge is 0.265 e. The van der Waals surface area contributed by atoms with Gasteiger partial charge in [0.15, 0.2) is 17.6 Å². The zero-order valence-corrected chi connectivity index (χ0v) is 14.6. The molecule has 6 nitrogen and oxygen atoms in total. The zero-order valence-electron chi connectivity index (χ0n) is 13.9. The van der Waals surface area contributed by atoms with Crippen LogP contribution < -0.4 is 24.3 Å². The normalized spacial score (nSPS) is 13.2. The van der Waals surface area contributed by atoms with Gasteiger partial charge < -0.3 is 24.3 Å². The van der Waals surface area contributed by atoms with Gasteiger partial charge in [0.25, 0.3) is 5.91 Å². The van der Waals surface area contributed by atoms with Crippen molar-refractivity contribution in [2.45, 2.75) is 19.4 Å². The average molecular weight is 364 g/mol. The maximum atomic E-state index is 12.6. The van der Waals surface area contributed by atoms with E-state index in [1.165, 1.54) is 7.11 Å². The molecule has 0 bridgehead atoms. The van der Waals surface area contributed by atoms with Crippen molar-refractivity contribution in [3.05, 3.63) is 41.4 Å². The Morgan fingerprint density at radius 1 is 1.24 bits per heavy atom. The largest absolute Gasteiger partial charge is 0.495 e. The molecule has 1 aliphatic heterocycles. The first-order chi connectivity index (χ1) is 12.1. The van der Waals surface area contributed by atoms with Gasteiger partial charge in [-0.1, -0.05) is 18.5 Å². The third-order valence-electron chi connectivity index (χ3n) is 3.70. The molecule has 1 unspecified atom stereocenters. The van der Waals surface area contributed by atoms with E-state index in [2.05, 4.69) is 5.32 Å². The Balaban J connectivity index is 1.72. The Hall–Kier alpha value is -2.60. The summed E-state index contributed by atoms with van der Waals surface area (Å²) in [5, 5.41) is 3.30. The Bertz CT molecular complexity index is 780. The molecule has 1 heterocycles. The number of carbonyl (C=O) groups excluding carboxylic acids is 1. The van der Waals surface area contributed by atoms with Crippen molar-refractivity contribution in [2.75, 3.05) is 19.2 Å². The zero-order chi connectivity index (χ0) is 17.8. The molecule has 0 aliphatic carbocycles. The Labute approximate surface area is 150 Å². The number of carbonyl (C=O) groups is 1. The molecular weight excluding hydrogens is 346 g/mol. The predicted molar refractivity (Wildman–Crippen MR) is 93.9 cm³/mol. The summed E-state index contributed by atoms with van der Waals surface area (Å²) < 4.78 is 21.6. The number of anilines is 1. The summed E-state index contributed by atoms with van der Waals surface area (Å²) in [5.74, 6) is 2.03. The highest BCUT2D eigenvalue weighted by Gasteiger charge is 2.22. The van der Waals surface area contributed by atoms with Crippen LogP contribution in [0, 0.1) is 0 Å². The van der Waals surface area contributed by atoms with E-state index in [9.17, 15) is 4.79 Å². The van der Waals surface area contributed by atoms with Gasteiger partial charge in [-0.15, -0.1) is 0 Å². The topological polar surface area (TPSA) is 66.0 Å². The summed E-state index contributed by atoms with van der Waals surface area (Å²) in [7, 11) is 1.53.